The predicted molar refractivity (Wildman–Crippen MR) is 90.2 cm³/mol. The van der Waals surface area contributed by atoms with E-state index >= 15 is 0 Å². The lowest BCUT2D eigenvalue weighted by Crippen LogP contribution is -2.20. The van der Waals surface area contributed by atoms with Crippen molar-refractivity contribution in [3.63, 3.8) is 0 Å². The summed E-state index contributed by atoms with van der Waals surface area (Å²) in [5.74, 6) is 2.01. The van der Waals surface area contributed by atoms with Crippen LogP contribution < -0.4 is 4.90 Å². The molecule has 0 amide bonds. The molecule has 0 unspecified atom stereocenters. The van der Waals surface area contributed by atoms with Gasteiger partial charge in [0.25, 0.3) is 0 Å². The van der Waals surface area contributed by atoms with Crippen molar-refractivity contribution in [1.29, 1.82) is 0 Å². The van der Waals surface area contributed by atoms with Crippen LogP contribution in [0.5, 0.6) is 0 Å². The second-order valence-corrected chi connectivity index (χ2v) is 5.84. The highest BCUT2D eigenvalue weighted by atomic mass is 15.2. The molecule has 4 rings (SSSR count). The van der Waals surface area contributed by atoms with Gasteiger partial charge in [-0.05, 0) is 30.5 Å². The fourth-order valence-corrected chi connectivity index (χ4v) is 3.13. The van der Waals surface area contributed by atoms with Gasteiger partial charge in [0.2, 0.25) is 0 Å². The van der Waals surface area contributed by atoms with Crippen LogP contribution in [0, 0.1) is 0 Å². The van der Waals surface area contributed by atoms with Gasteiger partial charge in [-0.2, -0.15) is 0 Å². The van der Waals surface area contributed by atoms with Gasteiger partial charge in [0.15, 0.2) is 0 Å². The van der Waals surface area contributed by atoms with Gasteiger partial charge in [-0.15, -0.1) is 0 Å². The molecular formula is C19H19N3. The molecule has 1 aromatic heterocycles. The van der Waals surface area contributed by atoms with Gasteiger partial charge in [0.05, 0.1) is 5.52 Å². The molecule has 1 fully saturated rings. The Kier molecular flexibility index (Phi) is 3.47. The average molecular weight is 289 g/mol. The van der Waals surface area contributed by atoms with Crippen LogP contribution in [0.1, 0.15) is 24.2 Å². The Bertz CT molecular complexity index is 777. The Hall–Kier alpha value is -2.42. The number of hydrogen-bond acceptors (Lipinski definition) is 3. The first-order valence-electron chi connectivity index (χ1n) is 7.95. The molecule has 1 saturated heterocycles. The number of rotatable bonds is 3. The molecule has 0 radical (unpaired) electrons. The highest BCUT2D eigenvalue weighted by Crippen LogP contribution is 2.27. The van der Waals surface area contributed by atoms with Gasteiger partial charge in [0, 0.05) is 24.9 Å². The summed E-state index contributed by atoms with van der Waals surface area (Å²) in [6.45, 7) is 2.21. The Labute approximate surface area is 130 Å². The summed E-state index contributed by atoms with van der Waals surface area (Å²) in [6.07, 6.45) is 3.30. The van der Waals surface area contributed by atoms with Crippen LogP contribution in [0.25, 0.3) is 10.9 Å². The van der Waals surface area contributed by atoms with Gasteiger partial charge >= 0.3 is 0 Å². The molecule has 2 heterocycles. The number of fused-ring (bicyclic) bond motifs is 1. The minimum Gasteiger partial charge on any atom is -0.356 e. The minimum absolute atomic E-state index is 0.784. The third-order valence-electron chi connectivity index (χ3n) is 4.24. The first-order chi connectivity index (χ1) is 10.9. The van der Waals surface area contributed by atoms with E-state index in [-0.39, 0.29) is 0 Å². The third kappa shape index (κ3) is 2.54. The highest BCUT2D eigenvalue weighted by Gasteiger charge is 2.17. The lowest BCUT2D eigenvalue weighted by molar-refractivity contribution is 0.906. The van der Waals surface area contributed by atoms with Crippen LogP contribution in [-0.4, -0.2) is 23.1 Å². The number of benzene rings is 2. The summed E-state index contributed by atoms with van der Waals surface area (Å²) in [6, 6.07) is 18.8. The largest absolute Gasteiger partial charge is 0.356 e. The maximum absolute atomic E-state index is 4.89. The van der Waals surface area contributed by atoms with Crippen LogP contribution in [0.2, 0.25) is 0 Å². The maximum atomic E-state index is 4.89. The molecule has 3 heteroatoms. The quantitative estimate of drug-likeness (QED) is 0.734. The van der Waals surface area contributed by atoms with Crippen molar-refractivity contribution < 1.29 is 0 Å². The van der Waals surface area contributed by atoms with E-state index in [4.69, 9.17) is 9.97 Å². The molecule has 1 aliphatic rings. The number of para-hydroxylation sites is 1. The third-order valence-corrected chi connectivity index (χ3v) is 4.24. The van der Waals surface area contributed by atoms with E-state index in [1.54, 1.807) is 0 Å². The molecule has 110 valence electrons. The summed E-state index contributed by atoms with van der Waals surface area (Å²) in [7, 11) is 0. The van der Waals surface area contributed by atoms with Crippen LogP contribution >= 0.6 is 0 Å². The fraction of sp³-hybridized carbons (Fsp3) is 0.263. The van der Waals surface area contributed by atoms with E-state index < -0.39 is 0 Å². The van der Waals surface area contributed by atoms with E-state index in [2.05, 4.69) is 53.4 Å². The molecule has 3 nitrogen and oxygen atoms in total. The number of hydrogen-bond donors (Lipinski definition) is 0. The molecule has 3 aromatic rings. The van der Waals surface area contributed by atoms with Crippen LogP contribution in [0.15, 0.2) is 54.6 Å². The number of aromatic nitrogens is 2. The van der Waals surface area contributed by atoms with Crippen molar-refractivity contribution >= 4 is 16.7 Å². The number of nitrogens with zero attached hydrogens (tertiary/aromatic N) is 3. The molecule has 0 atom stereocenters. The molecule has 0 bridgehead atoms. The number of anilines is 1. The van der Waals surface area contributed by atoms with Gasteiger partial charge in [-0.1, -0.05) is 42.5 Å². The zero-order valence-electron chi connectivity index (χ0n) is 12.6. The zero-order valence-corrected chi connectivity index (χ0v) is 12.6. The summed E-state index contributed by atoms with van der Waals surface area (Å²) in [5.41, 5.74) is 2.30. The average Bonchev–Trinajstić information content (AvgIpc) is 3.09. The van der Waals surface area contributed by atoms with Gasteiger partial charge < -0.3 is 4.90 Å². The van der Waals surface area contributed by atoms with Crippen molar-refractivity contribution in [3.05, 3.63) is 66.0 Å². The lowest BCUT2D eigenvalue weighted by Gasteiger charge is -2.19. The molecule has 22 heavy (non-hydrogen) atoms. The van der Waals surface area contributed by atoms with Crippen molar-refractivity contribution in [3.8, 4) is 0 Å². The Balaban J connectivity index is 1.79. The second kappa shape index (κ2) is 5.76. The Morgan fingerprint density at radius 2 is 1.55 bits per heavy atom. The van der Waals surface area contributed by atoms with Crippen molar-refractivity contribution in [2.24, 2.45) is 0 Å². The van der Waals surface area contributed by atoms with E-state index in [1.165, 1.54) is 23.8 Å². The molecule has 1 aliphatic heterocycles. The van der Waals surface area contributed by atoms with Gasteiger partial charge in [0.1, 0.15) is 11.6 Å². The second-order valence-electron chi connectivity index (χ2n) is 5.84. The summed E-state index contributed by atoms with van der Waals surface area (Å²) in [5, 5.41) is 1.17. The van der Waals surface area contributed by atoms with Crippen LogP contribution in [0.3, 0.4) is 0 Å². The first-order valence-corrected chi connectivity index (χ1v) is 7.95. The summed E-state index contributed by atoms with van der Waals surface area (Å²) >= 11 is 0. The molecule has 0 saturated carbocycles. The Morgan fingerprint density at radius 3 is 2.36 bits per heavy atom. The molecular weight excluding hydrogens is 270 g/mol. The molecule has 2 aromatic carbocycles. The van der Waals surface area contributed by atoms with Gasteiger partial charge in [-0.3, -0.25) is 0 Å². The van der Waals surface area contributed by atoms with E-state index in [1.807, 2.05) is 6.07 Å². The van der Waals surface area contributed by atoms with Crippen molar-refractivity contribution in [2.45, 2.75) is 19.3 Å². The first kappa shape index (κ1) is 13.3. The highest BCUT2D eigenvalue weighted by molar-refractivity contribution is 5.89. The maximum Gasteiger partial charge on any atom is 0.140 e. The predicted octanol–water partition coefficient (Wildman–Crippen LogP) is 3.82. The van der Waals surface area contributed by atoms with Gasteiger partial charge in [-0.25, -0.2) is 9.97 Å². The minimum atomic E-state index is 0.784. The van der Waals surface area contributed by atoms with Crippen molar-refractivity contribution in [1.82, 2.24) is 9.97 Å². The van der Waals surface area contributed by atoms with Crippen LogP contribution in [0.4, 0.5) is 5.82 Å². The standard InChI is InChI=1S/C19H19N3/c1-2-8-15(9-3-1)14-18-20-17-11-5-4-10-16(17)19(21-18)22-12-6-7-13-22/h1-5,8-11H,6-7,12-14H2. The lowest BCUT2D eigenvalue weighted by atomic mass is 10.1. The van der Waals surface area contributed by atoms with Crippen LogP contribution in [-0.2, 0) is 6.42 Å². The zero-order chi connectivity index (χ0) is 14.8. The topological polar surface area (TPSA) is 29.0 Å². The molecule has 0 N–H and O–H groups in total. The smallest absolute Gasteiger partial charge is 0.140 e. The summed E-state index contributed by atoms with van der Waals surface area (Å²) in [4.78, 5) is 12.1. The molecule has 0 spiro atoms. The van der Waals surface area contributed by atoms with E-state index in [0.717, 1.165) is 36.7 Å². The fourth-order valence-electron chi connectivity index (χ4n) is 3.13. The monoisotopic (exact) mass is 289 g/mol. The normalized spacial score (nSPS) is 14.6. The van der Waals surface area contributed by atoms with Crippen molar-refractivity contribution in [2.75, 3.05) is 18.0 Å². The molecule has 0 aliphatic carbocycles. The van der Waals surface area contributed by atoms with E-state index in [9.17, 15) is 0 Å². The summed E-state index contributed by atoms with van der Waals surface area (Å²) < 4.78 is 0. The Morgan fingerprint density at radius 1 is 0.818 bits per heavy atom. The SMILES string of the molecule is c1ccc(Cc2nc(N3CCCC3)c3ccccc3n2)cc1. The van der Waals surface area contributed by atoms with E-state index in [0.29, 0.717) is 0 Å².